The number of carbonyl (C=O) groups excluding carboxylic acids is 3. The zero-order valence-electron chi connectivity index (χ0n) is 15.8. The van der Waals surface area contributed by atoms with Gasteiger partial charge < -0.3 is 10.2 Å². The lowest BCUT2D eigenvalue weighted by Gasteiger charge is -2.13. The molecule has 0 aromatic heterocycles. The van der Waals surface area contributed by atoms with Gasteiger partial charge in [-0.3, -0.25) is 14.4 Å². The minimum atomic E-state index is -0.539. The summed E-state index contributed by atoms with van der Waals surface area (Å²) in [6, 6.07) is 0. The minimum Gasteiger partial charge on any atom is -0.350 e. The Kier molecular flexibility index (Phi) is 35.8. The summed E-state index contributed by atoms with van der Waals surface area (Å²) in [7, 11) is 0. The van der Waals surface area contributed by atoms with Crippen molar-refractivity contribution in [3.8, 4) is 25.2 Å². The molecule has 0 aromatic rings. The van der Waals surface area contributed by atoms with Crippen LogP contribution in [0.25, 0.3) is 0 Å². The summed E-state index contributed by atoms with van der Waals surface area (Å²) in [5, 5.41) is 2.35. The van der Waals surface area contributed by atoms with Gasteiger partial charge in [0.2, 0.25) is 18.2 Å². The van der Waals surface area contributed by atoms with Gasteiger partial charge in [-0.15, -0.1) is 29.7 Å². The van der Waals surface area contributed by atoms with Crippen molar-refractivity contribution >= 4 is 18.2 Å². The average molecular weight is 357 g/mol. The molecule has 1 heterocycles. The first-order chi connectivity index (χ1) is 12.1. The molecule has 0 aromatic carbocycles. The molecule has 1 aliphatic rings. The van der Waals surface area contributed by atoms with Crippen LogP contribution in [-0.4, -0.2) is 42.8 Å². The number of rotatable bonds is 5. The van der Waals surface area contributed by atoms with Crippen LogP contribution in [0.5, 0.6) is 0 Å². The van der Waals surface area contributed by atoms with Gasteiger partial charge in [0.05, 0.1) is 6.54 Å². The van der Waals surface area contributed by atoms with E-state index in [0.29, 0.717) is 12.8 Å². The quantitative estimate of drug-likeness (QED) is 0.449. The van der Waals surface area contributed by atoms with Crippen molar-refractivity contribution in [2.24, 2.45) is 0 Å². The molecule has 0 aliphatic carbocycles. The smallest absolute Gasteiger partial charge is 0.247 e. The molecule has 7 heteroatoms. The van der Waals surface area contributed by atoms with Gasteiger partial charge in [-0.2, -0.15) is 5.54 Å². The number of nitrogens with zero attached hydrogens (tertiary/aromatic N) is 1. The van der Waals surface area contributed by atoms with Gasteiger partial charge in [0.15, 0.2) is 0 Å². The normalized spacial score (nSPS) is 10.2. The highest BCUT2D eigenvalue weighted by Crippen LogP contribution is 2.06. The standard InChI is InChI=1S/C7H12N2O2.C4H8FNO.C3H4.C2H6.C2H2/c10-6-8-5-7(11)9-3-1-2-4-9;1-2-3-4(7)6-5;1-3-2;2*1-2/h6H,1-5H2,(H,8,10);2-3H2,1H3,(H,6,7);1H,2H3;1-2H3;1-2H. The van der Waals surface area contributed by atoms with Gasteiger partial charge in [0.25, 0.3) is 0 Å². The Hall–Kier alpha value is -2.54. The number of likely N-dealkylation sites (tertiary alicyclic amines) is 1. The van der Waals surface area contributed by atoms with Crippen molar-refractivity contribution in [3.63, 3.8) is 0 Å². The number of amides is 3. The molecule has 1 rings (SSSR count). The Bertz CT molecular complexity index is 373. The van der Waals surface area contributed by atoms with Crippen molar-refractivity contribution in [3.05, 3.63) is 0 Å². The fraction of sp³-hybridized carbons (Fsp3) is 0.611. The third-order valence-electron chi connectivity index (χ3n) is 2.38. The molecule has 0 saturated carbocycles. The monoisotopic (exact) mass is 357 g/mol. The molecule has 25 heavy (non-hydrogen) atoms. The van der Waals surface area contributed by atoms with E-state index in [-0.39, 0.29) is 18.9 Å². The maximum absolute atomic E-state index is 11.1. The lowest BCUT2D eigenvalue weighted by atomic mass is 10.3. The van der Waals surface area contributed by atoms with E-state index in [1.807, 2.05) is 20.8 Å². The van der Waals surface area contributed by atoms with Crippen LogP contribution in [0.3, 0.4) is 0 Å². The Balaban J connectivity index is -0.000000136. The Morgan fingerprint density at radius 3 is 1.96 bits per heavy atom. The fourth-order valence-electron chi connectivity index (χ4n) is 1.48. The van der Waals surface area contributed by atoms with Crippen molar-refractivity contribution in [2.75, 3.05) is 19.6 Å². The molecular formula is C18H32FN3O3. The molecule has 0 radical (unpaired) electrons. The molecule has 0 spiro atoms. The van der Waals surface area contributed by atoms with Gasteiger partial charge in [-0.05, 0) is 26.2 Å². The van der Waals surface area contributed by atoms with Crippen LogP contribution >= 0.6 is 0 Å². The van der Waals surface area contributed by atoms with E-state index < -0.39 is 5.91 Å². The molecule has 1 fully saturated rings. The average Bonchev–Trinajstić information content (AvgIpc) is 3.19. The second kappa shape index (κ2) is 29.5. The SMILES string of the molecule is C#C.C#CC.CC.CCCC(=O)NF.O=CNCC(=O)N1CCCC1. The fourth-order valence-corrected chi connectivity index (χ4v) is 1.48. The third kappa shape index (κ3) is 26.7. The second-order valence-corrected chi connectivity index (χ2v) is 4.14. The van der Waals surface area contributed by atoms with Crippen LogP contribution in [0, 0.1) is 25.2 Å². The highest BCUT2D eigenvalue weighted by molar-refractivity contribution is 5.80. The summed E-state index contributed by atoms with van der Waals surface area (Å²) < 4.78 is 11.0. The van der Waals surface area contributed by atoms with Gasteiger partial charge in [-0.25, -0.2) is 0 Å². The molecule has 0 bridgehead atoms. The van der Waals surface area contributed by atoms with Crippen molar-refractivity contribution < 1.29 is 18.9 Å². The topological polar surface area (TPSA) is 78.5 Å². The Labute approximate surface area is 151 Å². The van der Waals surface area contributed by atoms with Crippen molar-refractivity contribution in [2.45, 2.75) is 53.4 Å². The van der Waals surface area contributed by atoms with E-state index in [4.69, 9.17) is 0 Å². The van der Waals surface area contributed by atoms with Crippen LogP contribution in [-0.2, 0) is 14.4 Å². The van der Waals surface area contributed by atoms with Gasteiger partial charge in [0, 0.05) is 19.5 Å². The van der Waals surface area contributed by atoms with E-state index >= 15 is 0 Å². The maximum atomic E-state index is 11.1. The minimum absolute atomic E-state index is 0.0228. The molecule has 6 nitrogen and oxygen atoms in total. The van der Waals surface area contributed by atoms with Crippen LogP contribution in [0.2, 0.25) is 0 Å². The lowest BCUT2D eigenvalue weighted by Crippen LogP contribution is -2.35. The predicted molar refractivity (Wildman–Crippen MR) is 99.8 cm³/mol. The summed E-state index contributed by atoms with van der Waals surface area (Å²) in [6.45, 7) is 9.30. The second-order valence-electron chi connectivity index (χ2n) is 4.14. The van der Waals surface area contributed by atoms with E-state index in [1.54, 1.807) is 11.8 Å². The highest BCUT2D eigenvalue weighted by Gasteiger charge is 2.16. The summed E-state index contributed by atoms with van der Waals surface area (Å²) in [5.74, 6) is 1.73. The molecule has 3 amide bonds. The van der Waals surface area contributed by atoms with E-state index in [0.717, 1.165) is 31.5 Å². The molecule has 0 atom stereocenters. The summed E-state index contributed by atoms with van der Waals surface area (Å²) in [4.78, 5) is 32.7. The van der Waals surface area contributed by atoms with E-state index in [9.17, 15) is 18.9 Å². The zero-order chi connectivity index (χ0) is 20.5. The summed E-state index contributed by atoms with van der Waals surface area (Å²) in [6.07, 6.45) is 16.3. The molecule has 0 unspecified atom stereocenters. The first kappa shape index (κ1) is 30.4. The molecule has 1 saturated heterocycles. The lowest BCUT2D eigenvalue weighted by molar-refractivity contribution is -0.130. The summed E-state index contributed by atoms with van der Waals surface area (Å²) >= 11 is 0. The molecule has 144 valence electrons. The third-order valence-corrected chi connectivity index (χ3v) is 2.38. The van der Waals surface area contributed by atoms with Crippen molar-refractivity contribution in [1.29, 1.82) is 0 Å². The number of halogens is 1. The van der Waals surface area contributed by atoms with E-state index in [2.05, 4.69) is 30.5 Å². The van der Waals surface area contributed by atoms with Gasteiger partial charge in [0.1, 0.15) is 0 Å². The van der Waals surface area contributed by atoms with Gasteiger partial charge >= 0.3 is 0 Å². The van der Waals surface area contributed by atoms with Crippen LogP contribution < -0.4 is 10.9 Å². The van der Waals surface area contributed by atoms with Crippen LogP contribution in [0.15, 0.2) is 0 Å². The Morgan fingerprint density at radius 1 is 1.24 bits per heavy atom. The van der Waals surface area contributed by atoms with Crippen LogP contribution in [0.4, 0.5) is 4.48 Å². The van der Waals surface area contributed by atoms with E-state index in [1.165, 1.54) is 0 Å². The number of hydrogen-bond donors (Lipinski definition) is 2. The van der Waals surface area contributed by atoms with Gasteiger partial charge in [-0.1, -0.05) is 20.8 Å². The van der Waals surface area contributed by atoms with Crippen molar-refractivity contribution in [1.82, 2.24) is 15.8 Å². The first-order valence-corrected chi connectivity index (χ1v) is 8.12. The number of terminal acetylenes is 2. The Morgan fingerprint density at radius 2 is 1.68 bits per heavy atom. The number of carbonyl (C=O) groups is 3. The first-order valence-electron chi connectivity index (χ1n) is 8.12. The molecular weight excluding hydrogens is 325 g/mol. The summed E-state index contributed by atoms with van der Waals surface area (Å²) in [5.41, 5.74) is 1.03. The molecule has 2 N–H and O–H groups in total. The largest absolute Gasteiger partial charge is 0.350 e. The maximum Gasteiger partial charge on any atom is 0.247 e. The predicted octanol–water partition coefficient (Wildman–Crippen LogP) is 2.06. The highest BCUT2D eigenvalue weighted by atomic mass is 19.2. The zero-order valence-corrected chi connectivity index (χ0v) is 15.8. The molecule has 1 aliphatic heterocycles. The number of hydrogen-bond acceptors (Lipinski definition) is 3. The van der Waals surface area contributed by atoms with Crippen LogP contribution in [0.1, 0.15) is 53.4 Å². The number of nitrogens with one attached hydrogen (secondary N) is 2.